The van der Waals surface area contributed by atoms with Gasteiger partial charge in [0.15, 0.2) is 0 Å². The maximum Gasteiger partial charge on any atom is 0.326 e. The Morgan fingerprint density at radius 2 is 1.94 bits per heavy atom. The van der Waals surface area contributed by atoms with Crippen LogP contribution in [-0.2, 0) is 4.79 Å². The lowest BCUT2D eigenvalue weighted by molar-refractivity contribution is -0.138. The molecule has 0 heterocycles. The van der Waals surface area contributed by atoms with E-state index < -0.39 is 12.0 Å². The van der Waals surface area contributed by atoms with Crippen LogP contribution in [0, 0.1) is 17.2 Å². The minimum Gasteiger partial charge on any atom is -0.480 e. The van der Waals surface area contributed by atoms with Gasteiger partial charge in [0.1, 0.15) is 6.04 Å². The first kappa shape index (κ1) is 12.1. The quantitative estimate of drug-likeness (QED) is 0.811. The molecule has 0 amide bonds. The number of benzene rings is 1. The molecule has 0 saturated heterocycles. The maximum atomic E-state index is 11.0. The lowest BCUT2D eigenvalue weighted by Gasteiger charge is -2.19. The van der Waals surface area contributed by atoms with Gasteiger partial charge in [-0.15, -0.1) is 0 Å². The van der Waals surface area contributed by atoms with Crippen molar-refractivity contribution in [2.24, 2.45) is 5.92 Å². The number of nitrogens with one attached hydrogen (secondary N) is 1. The summed E-state index contributed by atoms with van der Waals surface area (Å²) >= 11 is 0. The van der Waals surface area contributed by atoms with Crippen molar-refractivity contribution in [1.29, 1.82) is 5.26 Å². The fourth-order valence-corrected chi connectivity index (χ4v) is 1.33. The third-order valence-electron chi connectivity index (χ3n) is 2.27. The number of nitriles is 1. The molecule has 84 valence electrons. The number of anilines is 1. The van der Waals surface area contributed by atoms with Gasteiger partial charge in [-0.3, -0.25) is 0 Å². The fourth-order valence-electron chi connectivity index (χ4n) is 1.33. The summed E-state index contributed by atoms with van der Waals surface area (Å²) < 4.78 is 0. The average molecular weight is 218 g/mol. The summed E-state index contributed by atoms with van der Waals surface area (Å²) in [5.41, 5.74) is 1.27. The van der Waals surface area contributed by atoms with Crippen molar-refractivity contribution in [2.45, 2.75) is 19.9 Å². The molecule has 4 nitrogen and oxygen atoms in total. The molecule has 1 aromatic carbocycles. The van der Waals surface area contributed by atoms with Crippen LogP contribution in [0.1, 0.15) is 19.4 Å². The van der Waals surface area contributed by atoms with E-state index in [0.29, 0.717) is 11.3 Å². The van der Waals surface area contributed by atoms with E-state index in [-0.39, 0.29) is 5.92 Å². The molecule has 0 aliphatic rings. The van der Waals surface area contributed by atoms with Crippen molar-refractivity contribution in [3.8, 4) is 6.07 Å². The van der Waals surface area contributed by atoms with Gasteiger partial charge < -0.3 is 10.4 Å². The molecule has 0 bridgehead atoms. The minimum absolute atomic E-state index is 0.00635. The van der Waals surface area contributed by atoms with Crippen molar-refractivity contribution < 1.29 is 9.90 Å². The SMILES string of the molecule is CC(C)[C@H](Nc1ccc(C#N)cc1)C(=O)O. The largest absolute Gasteiger partial charge is 0.480 e. The van der Waals surface area contributed by atoms with Crippen molar-refractivity contribution in [3.63, 3.8) is 0 Å². The molecule has 1 atom stereocenters. The zero-order valence-electron chi connectivity index (χ0n) is 9.27. The predicted molar refractivity (Wildman–Crippen MR) is 61.0 cm³/mol. The smallest absolute Gasteiger partial charge is 0.326 e. The Labute approximate surface area is 94.5 Å². The number of nitrogens with zero attached hydrogens (tertiary/aromatic N) is 1. The second-order valence-corrected chi connectivity index (χ2v) is 3.89. The highest BCUT2D eigenvalue weighted by molar-refractivity contribution is 5.77. The molecule has 0 spiro atoms. The molecule has 0 aliphatic carbocycles. The standard InChI is InChI=1S/C12H14N2O2/c1-8(2)11(12(15)16)14-10-5-3-9(7-13)4-6-10/h3-6,8,11,14H,1-2H3,(H,15,16)/t11-/m0/s1. The van der Waals surface area contributed by atoms with E-state index in [0.717, 1.165) is 0 Å². The second kappa shape index (κ2) is 5.17. The van der Waals surface area contributed by atoms with Crippen LogP contribution >= 0.6 is 0 Å². The Morgan fingerprint density at radius 3 is 2.31 bits per heavy atom. The summed E-state index contributed by atoms with van der Waals surface area (Å²) in [5.74, 6) is -0.882. The third-order valence-corrected chi connectivity index (χ3v) is 2.27. The van der Waals surface area contributed by atoms with Gasteiger partial charge in [0.25, 0.3) is 0 Å². The van der Waals surface area contributed by atoms with E-state index in [2.05, 4.69) is 5.32 Å². The Hall–Kier alpha value is -2.02. The lowest BCUT2D eigenvalue weighted by Crippen LogP contribution is -2.34. The topological polar surface area (TPSA) is 73.1 Å². The van der Waals surface area contributed by atoms with Gasteiger partial charge in [-0.05, 0) is 30.2 Å². The van der Waals surface area contributed by atoms with E-state index in [1.54, 1.807) is 24.3 Å². The van der Waals surface area contributed by atoms with Gasteiger partial charge in [-0.25, -0.2) is 4.79 Å². The van der Waals surface area contributed by atoms with Crippen LogP contribution in [0.2, 0.25) is 0 Å². The van der Waals surface area contributed by atoms with Gasteiger partial charge in [-0.1, -0.05) is 13.8 Å². The summed E-state index contributed by atoms with van der Waals surface area (Å²) in [6, 6.07) is 8.11. The van der Waals surface area contributed by atoms with E-state index in [9.17, 15) is 4.79 Å². The highest BCUT2D eigenvalue weighted by Gasteiger charge is 2.20. The average Bonchev–Trinajstić information content (AvgIpc) is 2.25. The van der Waals surface area contributed by atoms with E-state index >= 15 is 0 Å². The molecule has 0 saturated carbocycles. The third kappa shape index (κ3) is 2.99. The summed E-state index contributed by atoms with van der Waals surface area (Å²) in [6.07, 6.45) is 0. The Balaban J connectivity index is 2.78. The molecule has 1 aromatic rings. The van der Waals surface area contributed by atoms with E-state index in [4.69, 9.17) is 10.4 Å². The molecule has 0 fully saturated rings. The van der Waals surface area contributed by atoms with Crippen LogP contribution in [0.3, 0.4) is 0 Å². The summed E-state index contributed by atoms with van der Waals surface area (Å²) in [5, 5.41) is 20.5. The first-order valence-corrected chi connectivity index (χ1v) is 5.04. The number of carbonyl (C=O) groups is 1. The number of hydrogen-bond donors (Lipinski definition) is 2. The van der Waals surface area contributed by atoms with Crippen molar-refractivity contribution in [3.05, 3.63) is 29.8 Å². The number of carboxylic acid groups (broad SMARTS) is 1. The molecule has 0 aromatic heterocycles. The summed E-state index contributed by atoms with van der Waals surface area (Å²) in [7, 11) is 0. The molecular weight excluding hydrogens is 204 g/mol. The zero-order chi connectivity index (χ0) is 12.1. The number of aliphatic carboxylic acids is 1. The summed E-state index contributed by atoms with van der Waals surface area (Å²) in [6.45, 7) is 3.69. The normalized spacial score (nSPS) is 11.9. The van der Waals surface area contributed by atoms with Crippen LogP contribution in [0.25, 0.3) is 0 Å². The first-order chi connectivity index (χ1) is 7.54. The van der Waals surface area contributed by atoms with Gasteiger partial charge in [0, 0.05) is 5.69 Å². The molecule has 0 radical (unpaired) electrons. The molecule has 0 unspecified atom stereocenters. The van der Waals surface area contributed by atoms with Gasteiger partial charge >= 0.3 is 5.97 Å². The van der Waals surface area contributed by atoms with Crippen LogP contribution < -0.4 is 5.32 Å². The molecule has 2 N–H and O–H groups in total. The highest BCUT2D eigenvalue weighted by atomic mass is 16.4. The fraction of sp³-hybridized carbons (Fsp3) is 0.333. The predicted octanol–water partition coefficient (Wildman–Crippen LogP) is 2.08. The Kier molecular flexibility index (Phi) is 3.90. The van der Waals surface area contributed by atoms with Crippen LogP contribution in [0.4, 0.5) is 5.69 Å². The second-order valence-electron chi connectivity index (χ2n) is 3.89. The highest BCUT2D eigenvalue weighted by Crippen LogP contribution is 2.13. The van der Waals surface area contributed by atoms with Crippen LogP contribution in [-0.4, -0.2) is 17.1 Å². The van der Waals surface area contributed by atoms with E-state index in [1.807, 2.05) is 19.9 Å². The Morgan fingerprint density at radius 1 is 1.38 bits per heavy atom. The summed E-state index contributed by atoms with van der Waals surface area (Å²) in [4.78, 5) is 11.0. The van der Waals surface area contributed by atoms with Gasteiger partial charge in [-0.2, -0.15) is 5.26 Å². The first-order valence-electron chi connectivity index (χ1n) is 5.04. The number of rotatable bonds is 4. The number of hydrogen-bond acceptors (Lipinski definition) is 3. The minimum atomic E-state index is -0.876. The van der Waals surface area contributed by atoms with E-state index in [1.165, 1.54) is 0 Å². The van der Waals surface area contributed by atoms with Crippen LogP contribution in [0.5, 0.6) is 0 Å². The molecule has 1 rings (SSSR count). The monoisotopic (exact) mass is 218 g/mol. The lowest BCUT2D eigenvalue weighted by atomic mass is 10.0. The van der Waals surface area contributed by atoms with Crippen molar-refractivity contribution >= 4 is 11.7 Å². The molecular formula is C12H14N2O2. The Bertz CT molecular complexity index is 404. The zero-order valence-corrected chi connectivity index (χ0v) is 9.27. The van der Waals surface area contributed by atoms with Gasteiger partial charge in [0.05, 0.1) is 11.6 Å². The molecule has 4 heteroatoms. The van der Waals surface area contributed by atoms with Crippen molar-refractivity contribution in [1.82, 2.24) is 0 Å². The van der Waals surface area contributed by atoms with Gasteiger partial charge in [0.2, 0.25) is 0 Å². The maximum absolute atomic E-state index is 11.0. The van der Waals surface area contributed by atoms with Crippen LogP contribution in [0.15, 0.2) is 24.3 Å². The number of carboxylic acids is 1. The van der Waals surface area contributed by atoms with Crippen molar-refractivity contribution in [2.75, 3.05) is 5.32 Å². The molecule has 16 heavy (non-hydrogen) atoms. The molecule has 0 aliphatic heterocycles.